The number of ether oxygens (including phenoxy) is 1. The SMILES string of the molecule is CCCCCCCCCCCCCCc1ccc(S(=O)(=O)O)cc1Oc1ccccc1. The molecule has 172 valence electrons. The second kappa shape index (κ2) is 14.3. The van der Waals surface area contributed by atoms with E-state index in [4.69, 9.17) is 4.74 Å². The lowest BCUT2D eigenvalue weighted by Crippen LogP contribution is -2.00. The Morgan fingerprint density at radius 3 is 1.84 bits per heavy atom. The summed E-state index contributed by atoms with van der Waals surface area (Å²) in [6, 6.07) is 13.9. The summed E-state index contributed by atoms with van der Waals surface area (Å²) in [6.45, 7) is 2.26. The Bertz CT molecular complexity index is 847. The molecular weight excluding hydrogens is 408 g/mol. The first kappa shape index (κ1) is 25.4. The van der Waals surface area contributed by atoms with Crippen molar-refractivity contribution in [2.45, 2.75) is 95.3 Å². The van der Waals surface area contributed by atoms with Gasteiger partial charge in [0.1, 0.15) is 11.5 Å². The molecular formula is C26H38O4S. The molecule has 0 atom stereocenters. The summed E-state index contributed by atoms with van der Waals surface area (Å²) in [5, 5.41) is 0. The van der Waals surface area contributed by atoms with Gasteiger partial charge in [0.15, 0.2) is 0 Å². The third-order valence-corrected chi connectivity index (χ3v) is 6.46. The Morgan fingerprint density at radius 2 is 1.29 bits per heavy atom. The Kier molecular flexibility index (Phi) is 11.7. The Labute approximate surface area is 188 Å². The van der Waals surface area contributed by atoms with Gasteiger partial charge >= 0.3 is 0 Å². The molecule has 0 spiro atoms. The Morgan fingerprint density at radius 1 is 0.742 bits per heavy atom. The zero-order valence-electron chi connectivity index (χ0n) is 18.9. The molecule has 0 radical (unpaired) electrons. The van der Waals surface area contributed by atoms with Crippen LogP contribution in [0.2, 0.25) is 0 Å². The lowest BCUT2D eigenvalue weighted by Gasteiger charge is -2.12. The molecule has 0 aliphatic rings. The van der Waals surface area contributed by atoms with E-state index < -0.39 is 10.1 Å². The third kappa shape index (κ3) is 10.3. The maximum atomic E-state index is 11.5. The molecule has 0 heterocycles. The molecule has 0 aliphatic heterocycles. The minimum atomic E-state index is -4.26. The Balaban J connectivity index is 1.75. The zero-order valence-corrected chi connectivity index (χ0v) is 19.7. The van der Waals surface area contributed by atoms with E-state index in [0.29, 0.717) is 11.5 Å². The van der Waals surface area contributed by atoms with Crippen molar-refractivity contribution in [1.29, 1.82) is 0 Å². The van der Waals surface area contributed by atoms with Gasteiger partial charge in [0, 0.05) is 6.07 Å². The van der Waals surface area contributed by atoms with Crippen molar-refractivity contribution >= 4 is 10.1 Å². The summed E-state index contributed by atoms with van der Waals surface area (Å²) in [5.41, 5.74) is 0.961. The van der Waals surface area contributed by atoms with Gasteiger partial charge in [0.2, 0.25) is 0 Å². The van der Waals surface area contributed by atoms with Crippen LogP contribution < -0.4 is 4.74 Å². The monoisotopic (exact) mass is 446 g/mol. The molecule has 0 unspecified atom stereocenters. The third-order valence-electron chi connectivity index (χ3n) is 5.61. The van der Waals surface area contributed by atoms with Gasteiger partial charge < -0.3 is 4.74 Å². The van der Waals surface area contributed by atoms with E-state index in [1.807, 2.05) is 30.3 Å². The normalized spacial score (nSPS) is 11.5. The van der Waals surface area contributed by atoms with Gasteiger partial charge in [-0.1, -0.05) is 102 Å². The molecule has 0 amide bonds. The molecule has 0 saturated carbocycles. The van der Waals surface area contributed by atoms with Gasteiger partial charge in [0.25, 0.3) is 10.1 Å². The van der Waals surface area contributed by atoms with Crippen LogP contribution in [0, 0.1) is 0 Å². The van der Waals surface area contributed by atoms with Crippen molar-refractivity contribution in [3.8, 4) is 11.5 Å². The molecule has 31 heavy (non-hydrogen) atoms. The first-order valence-corrected chi connectivity index (χ1v) is 13.3. The molecule has 2 rings (SSSR count). The molecule has 0 fully saturated rings. The van der Waals surface area contributed by atoms with Crippen molar-refractivity contribution < 1.29 is 17.7 Å². The van der Waals surface area contributed by atoms with Crippen LogP contribution >= 0.6 is 0 Å². The standard InChI is InChI=1S/C26H38O4S/c1-2-3-4-5-6-7-8-9-10-11-12-14-17-23-20-21-25(31(27,28)29)22-26(23)30-24-18-15-13-16-19-24/h13,15-16,18-22H,2-12,14,17H2,1H3,(H,27,28,29). The fourth-order valence-electron chi connectivity index (χ4n) is 3.77. The predicted molar refractivity (Wildman–Crippen MR) is 128 cm³/mol. The fourth-order valence-corrected chi connectivity index (χ4v) is 4.26. The first-order chi connectivity index (χ1) is 15.0. The highest BCUT2D eigenvalue weighted by Gasteiger charge is 2.14. The largest absolute Gasteiger partial charge is 0.457 e. The van der Waals surface area contributed by atoms with Crippen LogP contribution in [0.5, 0.6) is 11.5 Å². The van der Waals surface area contributed by atoms with Crippen LogP contribution in [-0.2, 0) is 16.5 Å². The van der Waals surface area contributed by atoms with Crippen molar-refractivity contribution in [1.82, 2.24) is 0 Å². The molecule has 4 nitrogen and oxygen atoms in total. The number of aryl methyl sites for hydroxylation is 1. The topological polar surface area (TPSA) is 63.6 Å². The summed E-state index contributed by atoms with van der Waals surface area (Å²) in [7, 11) is -4.26. The maximum absolute atomic E-state index is 11.5. The fraction of sp³-hybridized carbons (Fsp3) is 0.538. The first-order valence-electron chi connectivity index (χ1n) is 11.8. The summed E-state index contributed by atoms with van der Waals surface area (Å²) in [4.78, 5) is -0.142. The van der Waals surface area contributed by atoms with Crippen molar-refractivity contribution in [3.05, 3.63) is 54.1 Å². The van der Waals surface area contributed by atoms with E-state index in [9.17, 15) is 13.0 Å². The number of unbranched alkanes of at least 4 members (excludes halogenated alkanes) is 11. The predicted octanol–water partition coefficient (Wildman–Crippen LogP) is 7.97. The van der Waals surface area contributed by atoms with Crippen LogP contribution in [0.1, 0.15) is 89.5 Å². The van der Waals surface area contributed by atoms with E-state index in [2.05, 4.69) is 6.92 Å². The van der Waals surface area contributed by atoms with Crippen LogP contribution in [0.3, 0.4) is 0 Å². The molecule has 5 heteroatoms. The van der Waals surface area contributed by atoms with Gasteiger partial charge in [0.05, 0.1) is 4.90 Å². The second-order valence-electron chi connectivity index (χ2n) is 8.30. The van der Waals surface area contributed by atoms with E-state index in [1.54, 1.807) is 6.07 Å². The molecule has 0 aromatic heterocycles. The lowest BCUT2D eigenvalue weighted by atomic mass is 10.0. The van der Waals surface area contributed by atoms with Crippen molar-refractivity contribution in [2.24, 2.45) is 0 Å². The summed E-state index contributed by atoms with van der Waals surface area (Å²) in [5.74, 6) is 1.13. The van der Waals surface area contributed by atoms with Gasteiger partial charge in [-0.2, -0.15) is 8.42 Å². The van der Waals surface area contributed by atoms with E-state index in [-0.39, 0.29) is 4.90 Å². The highest BCUT2D eigenvalue weighted by atomic mass is 32.2. The highest BCUT2D eigenvalue weighted by molar-refractivity contribution is 7.85. The summed E-state index contributed by atoms with van der Waals surface area (Å²) in [6.07, 6.45) is 16.4. The summed E-state index contributed by atoms with van der Waals surface area (Å²) >= 11 is 0. The second-order valence-corrected chi connectivity index (χ2v) is 9.72. The average molecular weight is 447 g/mol. The number of hydrogen-bond acceptors (Lipinski definition) is 3. The quantitative estimate of drug-likeness (QED) is 0.210. The van der Waals surface area contributed by atoms with Crippen LogP contribution in [-0.4, -0.2) is 13.0 Å². The van der Waals surface area contributed by atoms with Gasteiger partial charge in [-0.05, 0) is 36.6 Å². The minimum Gasteiger partial charge on any atom is -0.457 e. The van der Waals surface area contributed by atoms with E-state index >= 15 is 0 Å². The molecule has 0 saturated heterocycles. The molecule has 0 aliphatic carbocycles. The summed E-state index contributed by atoms with van der Waals surface area (Å²) < 4.78 is 38.3. The Hall–Kier alpha value is -1.85. The zero-order chi connectivity index (χ0) is 22.4. The van der Waals surface area contributed by atoms with Crippen molar-refractivity contribution in [3.63, 3.8) is 0 Å². The highest BCUT2D eigenvalue weighted by Crippen LogP contribution is 2.29. The number of hydrogen-bond donors (Lipinski definition) is 1. The number of rotatable bonds is 16. The molecule has 1 N–H and O–H groups in total. The van der Waals surface area contributed by atoms with E-state index in [0.717, 1.165) is 24.8 Å². The van der Waals surface area contributed by atoms with Gasteiger partial charge in [-0.15, -0.1) is 0 Å². The van der Waals surface area contributed by atoms with Gasteiger partial charge in [-0.3, -0.25) is 4.55 Å². The average Bonchev–Trinajstić information content (AvgIpc) is 2.75. The van der Waals surface area contributed by atoms with Crippen LogP contribution in [0.4, 0.5) is 0 Å². The smallest absolute Gasteiger partial charge is 0.294 e. The number of benzene rings is 2. The molecule has 0 bridgehead atoms. The van der Waals surface area contributed by atoms with Gasteiger partial charge in [-0.25, -0.2) is 0 Å². The van der Waals surface area contributed by atoms with Crippen molar-refractivity contribution in [2.75, 3.05) is 0 Å². The van der Waals surface area contributed by atoms with Crippen LogP contribution in [0.15, 0.2) is 53.4 Å². The van der Waals surface area contributed by atoms with Crippen LogP contribution in [0.25, 0.3) is 0 Å². The molecule has 2 aromatic rings. The minimum absolute atomic E-state index is 0.142. The lowest BCUT2D eigenvalue weighted by molar-refractivity contribution is 0.466. The molecule has 2 aromatic carbocycles. The maximum Gasteiger partial charge on any atom is 0.294 e. The van der Waals surface area contributed by atoms with E-state index in [1.165, 1.54) is 76.3 Å². The number of para-hydroxylation sites is 1.